The summed E-state index contributed by atoms with van der Waals surface area (Å²) in [5, 5.41) is 5.88. The van der Waals surface area contributed by atoms with Gasteiger partial charge in [-0.1, -0.05) is 6.92 Å². The maximum absolute atomic E-state index is 11.4. The van der Waals surface area contributed by atoms with E-state index in [1.165, 1.54) is 6.26 Å². The molecule has 0 saturated heterocycles. The summed E-state index contributed by atoms with van der Waals surface area (Å²) < 4.78 is 5.52. The zero-order chi connectivity index (χ0) is 10.4. The summed E-state index contributed by atoms with van der Waals surface area (Å²) in [6.45, 7) is 4.33. The molecule has 0 unspecified atom stereocenters. The highest BCUT2D eigenvalue weighted by atomic mass is 79.9. The van der Waals surface area contributed by atoms with E-state index >= 15 is 0 Å². The second-order valence-electron chi connectivity index (χ2n) is 2.75. The van der Waals surface area contributed by atoms with Crippen LogP contribution in [-0.4, -0.2) is 25.5 Å². The van der Waals surface area contributed by atoms with Gasteiger partial charge in [0.25, 0.3) is 5.91 Å². The van der Waals surface area contributed by atoms with E-state index in [1.807, 2.05) is 6.92 Å². The van der Waals surface area contributed by atoms with Gasteiger partial charge in [0.1, 0.15) is 6.26 Å². The molecular formula is C9H14BrClN2O2. The number of halogens is 2. The summed E-state index contributed by atoms with van der Waals surface area (Å²) in [7, 11) is 0. The van der Waals surface area contributed by atoms with Crippen molar-refractivity contribution in [2.45, 2.75) is 6.92 Å². The lowest BCUT2D eigenvalue weighted by molar-refractivity contribution is 0.0953. The minimum absolute atomic E-state index is 0. The highest BCUT2D eigenvalue weighted by molar-refractivity contribution is 9.10. The van der Waals surface area contributed by atoms with Crippen LogP contribution in [-0.2, 0) is 0 Å². The molecule has 1 heterocycles. The number of hydrogen-bond acceptors (Lipinski definition) is 3. The molecule has 4 nitrogen and oxygen atoms in total. The van der Waals surface area contributed by atoms with E-state index in [9.17, 15) is 4.79 Å². The predicted octanol–water partition coefficient (Wildman–Crippen LogP) is 1.80. The van der Waals surface area contributed by atoms with Crippen LogP contribution in [0.1, 0.15) is 17.3 Å². The monoisotopic (exact) mass is 296 g/mol. The van der Waals surface area contributed by atoms with Crippen LogP contribution >= 0.6 is 28.3 Å². The summed E-state index contributed by atoms with van der Waals surface area (Å²) in [5.41, 5.74) is 0.536. The minimum atomic E-state index is -0.114. The van der Waals surface area contributed by atoms with Crippen molar-refractivity contribution in [3.63, 3.8) is 0 Å². The van der Waals surface area contributed by atoms with Crippen molar-refractivity contribution in [2.75, 3.05) is 19.6 Å². The Kier molecular flexibility index (Phi) is 7.46. The smallest absolute Gasteiger partial charge is 0.254 e. The van der Waals surface area contributed by atoms with Crippen LogP contribution in [0.15, 0.2) is 21.4 Å². The van der Waals surface area contributed by atoms with Crippen molar-refractivity contribution in [3.05, 3.63) is 22.6 Å². The summed E-state index contributed by atoms with van der Waals surface area (Å²) in [5.74, 6) is -0.114. The molecular weight excluding hydrogens is 283 g/mol. The molecule has 0 aliphatic heterocycles. The fourth-order valence-electron chi connectivity index (χ4n) is 0.972. The van der Waals surface area contributed by atoms with Gasteiger partial charge in [-0.25, -0.2) is 0 Å². The van der Waals surface area contributed by atoms with Gasteiger partial charge in [-0.2, -0.15) is 0 Å². The normalized spacial score (nSPS) is 9.47. The number of furan rings is 1. The van der Waals surface area contributed by atoms with Gasteiger partial charge in [0.15, 0.2) is 4.67 Å². The molecule has 1 aromatic rings. The maximum Gasteiger partial charge on any atom is 0.254 e. The van der Waals surface area contributed by atoms with E-state index < -0.39 is 0 Å². The highest BCUT2D eigenvalue weighted by Gasteiger charge is 2.07. The average Bonchev–Trinajstić information content (AvgIpc) is 2.59. The van der Waals surface area contributed by atoms with Gasteiger partial charge in [-0.3, -0.25) is 4.79 Å². The van der Waals surface area contributed by atoms with Crippen LogP contribution in [0.4, 0.5) is 0 Å². The molecule has 0 fully saturated rings. The Morgan fingerprint density at radius 3 is 2.80 bits per heavy atom. The Morgan fingerprint density at radius 2 is 2.27 bits per heavy atom. The fourth-order valence-corrected chi connectivity index (χ4v) is 1.31. The molecule has 0 atom stereocenters. The maximum atomic E-state index is 11.4. The van der Waals surface area contributed by atoms with Crippen LogP contribution in [0.3, 0.4) is 0 Å². The standard InChI is InChI=1S/C9H13BrN2O2.ClH/c1-2-11-3-4-12-9(13)7-5-8(10)14-6-7;/h5-6,11H,2-4H2,1H3,(H,12,13);1H. The second-order valence-corrected chi connectivity index (χ2v) is 3.53. The molecule has 0 aromatic carbocycles. The first-order chi connectivity index (χ1) is 6.74. The van der Waals surface area contributed by atoms with Crippen molar-refractivity contribution in [1.29, 1.82) is 0 Å². The highest BCUT2D eigenvalue weighted by Crippen LogP contribution is 2.13. The van der Waals surface area contributed by atoms with Crippen molar-refractivity contribution >= 4 is 34.2 Å². The third-order valence-electron chi connectivity index (χ3n) is 1.67. The number of rotatable bonds is 5. The Bertz CT molecular complexity index is 304. The van der Waals surface area contributed by atoms with E-state index in [1.54, 1.807) is 6.07 Å². The van der Waals surface area contributed by atoms with E-state index in [-0.39, 0.29) is 18.3 Å². The summed E-state index contributed by atoms with van der Waals surface area (Å²) in [6, 6.07) is 1.64. The molecule has 1 rings (SSSR count). The first-order valence-electron chi connectivity index (χ1n) is 4.47. The Balaban J connectivity index is 0.00000196. The first-order valence-corrected chi connectivity index (χ1v) is 5.26. The molecule has 86 valence electrons. The van der Waals surface area contributed by atoms with Gasteiger partial charge in [-0.05, 0) is 22.5 Å². The molecule has 15 heavy (non-hydrogen) atoms. The summed E-state index contributed by atoms with van der Waals surface area (Å²) >= 11 is 3.13. The van der Waals surface area contributed by atoms with Crippen molar-refractivity contribution < 1.29 is 9.21 Å². The van der Waals surface area contributed by atoms with Gasteiger partial charge in [0.05, 0.1) is 5.56 Å². The third-order valence-corrected chi connectivity index (χ3v) is 2.08. The molecule has 1 aromatic heterocycles. The molecule has 0 spiro atoms. The van der Waals surface area contributed by atoms with Crippen LogP contribution in [0.5, 0.6) is 0 Å². The predicted molar refractivity (Wildman–Crippen MR) is 64.5 cm³/mol. The van der Waals surface area contributed by atoms with E-state index in [2.05, 4.69) is 26.6 Å². The largest absolute Gasteiger partial charge is 0.457 e. The van der Waals surface area contributed by atoms with E-state index in [0.29, 0.717) is 16.8 Å². The van der Waals surface area contributed by atoms with Gasteiger partial charge >= 0.3 is 0 Å². The lowest BCUT2D eigenvalue weighted by Crippen LogP contribution is -2.31. The van der Waals surface area contributed by atoms with E-state index in [0.717, 1.165) is 13.1 Å². The van der Waals surface area contributed by atoms with Crippen LogP contribution in [0.25, 0.3) is 0 Å². The van der Waals surface area contributed by atoms with Gasteiger partial charge in [0, 0.05) is 19.2 Å². The molecule has 0 bridgehead atoms. The van der Waals surface area contributed by atoms with Crippen LogP contribution < -0.4 is 10.6 Å². The Hall–Kier alpha value is -0.520. The Labute approximate surface area is 103 Å². The zero-order valence-corrected chi connectivity index (χ0v) is 10.8. The number of carbonyl (C=O) groups excluding carboxylic acids is 1. The molecule has 0 aliphatic carbocycles. The van der Waals surface area contributed by atoms with Crippen molar-refractivity contribution in [2.24, 2.45) is 0 Å². The molecule has 0 saturated carbocycles. The molecule has 0 radical (unpaired) electrons. The summed E-state index contributed by atoms with van der Waals surface area (Å²) in [6.07, 6.45) is 1.42. The lowest BCUT2D eigenvalue weighted by atomic mass is 10.3. The van der Waals surface area contributed by atoms with Gasteiger partial charge < -0.3 is 15.1 Å². The Morgan fingerprint density at radius 1 is 1.53 bits per heavy atom. The van der Waals surface area contributed by atoms with E-state index in [4.69, 9.17) is 4.42 Å². The number of hydrogen-bond donors (Lipinski definition) is 2. The first kappa shape index (κ1) is 14.5. The van der Waals surface area contributed by atoms with Crippen LogP contribution in [0.2, 0.25) is 0 Å². The number of nitrogens with one attached hydrogen (secondary N) is 2. The van der Waals surface area contributed by atoms with Crippen molar-refractivity contribution in [1.82, 2.24) is 10.6 Å². The minimum Gasteiger partial charge on any atom is -0.457 e. The SMILES string of the molecule is CCNCCNC(=O)c1coc(Br)c1.Cl. The van der Waals surface area contributed by atoms with Gasteiger partial charge in [-0.15, -0.1) is 12.4 Å². The number of likely N-dealkylation sites (N-methyl/N-ethyl adjacent to an activating group) is 1. The van der Waals surface area contributed by atoms with Gasteiger partial charge in [0.2, 0.25) is 0 Å². The molecule has 2 N–H and O–H groups in total. The summed E-state index contributed by atoms with van der Waals surface area (Å²) in [4.78, 5) is 11.4. The quantitative estimate of drug-likeness (QED) is 0.815. The molecule has 0 aliphatic rings. The zero-order valence-electron chi connectivity index (χ0n) is 8.38. The second kappa shape index (κ2) is 7.73. The molecule has 6 heteroatoms. The third kappa shape index (κ3) is 5.20. The fraction of sp³-hybridized carbons (Fsp3) is 0.444. The topological polar surface area (TPSA) is 54.3 Å². The number of carbonyl (C=O) groups is 1. The lowest BCUT2D eigenvalue weighted by Gasteiger charge is -2.02. The molecule has 1 amide bonds. The van der Waals surface area contributed by atoms with Crippen molar-refractivity contribution in [3.8, 4) is 0 Å². The number of amides is 1. The average molecular weight is 298 g/mol. The van der Waals surface area contributed by atoms with Crippen LogP contribution in [0, 0.1) is 0 Å².